The Hall–Kier alpha value is -2.71. The lowest BCUT2D eigenvalue weighted by Crippen LogP contribution is -2.13. The Balaban J connectivity index is 1.70. The van der Waals surface area contributed by atoms with E-state index in [0.29, 0.717) is 27.7 Å². The van der Waals surface area contributed by atoms with Gasteiger partial charge in [0.1, 0.15) is 5.75 Å². The fraction of sp³-hybridized carbons (Fsp3) is 0.158. The number of thiophene rings is 1. The van der Waals surface area contributed by atoms with Crippen LogP contribution in [0.4, 0.5) is 0 Å². The lowest BCUT2D eigenvalue weighted by molar-refractivity contribution is 0.100. The van der Waals surface area contributed by atoms with E-state index in [4.69, 9.17) is 20.3 Å². The molecule has 0 unspecified atom stereocenters. The zero-order valence-corrected chi connectivity index (χ0v) is 17.1. The monoisotopic (exact) mass is 431 g/mol. The summed E-state index contributed by atoms with van der Waals surface area (Å²) in [6.45, 7) is 0. The van der Waals surface area contributed by atoms with Gasteiger partial charge in [0, 0.05) is 12.9 Å². The molecule has 1 aromatic carbocycles. The molecule has 0 saturated carbocycles. The predicted molar refractivity (Wildman–Crippen MR) is 110 cm³/mol. The van der Waals surface area contributed by atoms with Crippen molar-refractivity contribution in [3.05, 3.63) is 57.8 Å². The minimum absolute atomic E-state index is 0.482. The standard InChI is InChI=1S/C19H18N3O5PS/c1-22-16-12(10-21-22)4-7-14-15(16)19(29-17(14)18(20)23)27-13-5-2-11(3-6-13)8-9-28(24,25)26/h2-3,5-6,8-10H,4,7H2,1H3,(H2,20,23)(H2,24,25,26)/b9-8+. The van der Waals surface area contributed by atoms with Gasteiger partial charge in [0.15, 0.2) is 5.06 Å². The molecule has 1 aliphatic carbocycles. The van der Waals surface area contributed by atoms with Crippen molar-refractivity contribution in [3.63, 3.8) is 0 Å². The molecule has 0 atom stereocenters. The summed E-state index contributed by atoms with van der Waals surface area (Å²) in [5.41, 5.74) is 9.96. The number of primary amides is 1. The SMILES string of the molecule is Cn1ncc2c1-c1c(Oc3ccc(/C=C/P(=O)(O)O)cc3)sc(C(N)=O)c1CC2. The van der Waals surface area contributed by atoms with Crippen molar-refractivity contribution in [1.82, 2.24) is 9.78 Å². The topological polar surface area (TPSA) is 128 Å². The molecular formula is C19H18N3O5PS. The number of aryl methyl sites for hydroxylation is 2. The number of benzene rings is 1. The van der Waals surface area contributed by atoms with Crippen LogP contribution < -0.4 is 10.5 Å². The van der Waals surface area contributed by atoms with Crippen LogP contribution in [0.2, 0.25) is 0 Å². The van der Waals surface area contributed by atoms with Gasteiger partial charge in [0.2, 0.25) is 0 Å². The van der Waals surface area contributed by atoms with Crippen LogP contribution >= 0.6 is 18.9 Å². The third-order valence-corrected chi connectivity index (χ3v) is 6.31. The van der Waals surface area contributed by atoms with Crippen LogP contribution in [0, 0.1) is 0 Å². The van der Waals surface area contributed by atoms with E-state index in [1.54, 1.807) is 28.9 Å². The Morgan fingerprint density at radius 1 is 1.31 bits per heavy atom. The molecule has 10 heteroatoms. The fourth-order valence-corrected chi connectivity index (χ4v) is 4.82. The van der Waals surface area contributed by atoms with Gasteiger partial charge in [-0.05, 0) is 47.7 Å². The maximum Gasteiger partial charge on any atom is 0.349 e. The van der Waals surface area contributed by atoms with E-state index in [1.807, 2.05) is 13.2 Å². The molecule has 0 fully saturated rings. The second-order valence-corrected chi connectivity index (χ2v) is 9.11. The minimum Gasteiger partial charge on any atom is -0.446 e. The van der Waals surface area contributed by atoms with Crippen molar-refractivity contribution in [2.24, 2.45) is 12.8 Å². The van der Waals surface area contributed by atoms with Crippen molar-refractivity contribution in [2.75, 3.05) is 0 Å². The van der Waals surface area contributed by atoms with Crippen LogP contribution in [0.3, 0.4) is 0 Å². The third-order valence-electron chi connectivity index (χ3n) is 4.65. The first-order valence-electron chi connectivity index (χ1n) is 8.72. The maximum absolute atomic E-state index is 12.0. The number of hydrogen-bond donors (Lipinski definition) is 3. The van der Waals surface area contributed by atoms with E-state index in [9.17, 15) is 9.36 Å². The number of carbonyl (C=O) groups excluding carboxylic acids is 1. The molecule has 1 amide bonds. The molecule has 0 radical (unpaired) electrons. The molecule has 4 N–H and O–H groups in total. The van der Waals surface area contributed by atoms with E-state index in [2.05, 4.69) is 5.10 Å². The Bertz CT molecular complexity index is 1170. The number of nitrogens with zero attached hydrogens (tertiary/aromatic N) is 2. The third kappa shape index (κ3) is 3.90. The van der Waals surface area contributed by atoms with Gasteiger partial charge in [-0.2, -0.15) is 5.10 Å². The molecule has 0 saturated heterocycles. The van der Waals surface area contributed by atoms with Crippen LogP contribution in [0.15, 0.2) is 36.3 Å². The molecule has 2 heterocycles. The van der Waals surface area contributed by atoms with E-state index in [0.717, 1.165) is 34.6 Å². The number of nitrogens with two attached hydrogens (primary N) is 1. The second-order valence-electron chi connectivity index (χ2n) is 6.65. The largest absolute Gasteiger partial charge is 0.446 e. The van der Waals surface area contributed by atoms with E-state index in [1.165, 1.54) is 17.4 Å². The summed E-state index contributed by atoms with van der Waals surface area (Å²) in [5.74, 6) is 0.902. The molecular weight excluding hydrogens is 413 g/mol. The van der Waals surface area contributed by atoms with E-state index >= 15 is 0 Å². The van der Waals surface area contributed by atoms with Gasteiger partial charge in [0.05, 0.1) is 22.3 Å². The van der Waals surface area contributed by atoms with Gasteiger partial charge in [-0.3, -0.25) is 14.0 Å². The lowest BCUT2D eigenvalue weighted by Gasteiger charge is -2.16. The van der Waals surface area contributed by atoms with E-state index < -0.39 is 13.5 Å². The highest BCUT2D eigenvalue weighted by atomic mass is 32.1. The van der Waals surface area contributed by atoms with Crippen LogP contribution in [0.5, 0.6) is 10.8 Å². The number of carbonyl (C=O) groups is 1. The molecule has 0 aliphatic heterocycles. The highest BCUT2D eigenvalue weighted by Gasteiger charge is 2.30. The lowest BCUT2D eigenvalue weighted by atomic mass is 9.91. The number of rotatable bonds is 5. The van der Waals surface area contributed by atoms with Gasteiger partial charge in [-0.15, -0.1) is 0 Å². The molecule has 29 heavy (non-hydrogen) atoms. The van der Waals surface area contributed by atoms with Crippen molar-refractivity contribution < 1.29 is 23.9 Å². The molecule has 150 valence electrons. The molecule has 4 rings (SSSR count). The first kappa shape index (κ1) is 19.6. The summed E-state index contributed by atoms with van der Waals surface area (Å²) >= 11 is 1.22. The average molecular weight is 431 g/mol. The summed E-state index contributed by atoms with van der Waals surface area (Å²) in [6, 6.07) is 6.77. The quantitative estimate of drug-likeness (QED) is 0.532. The molecule has 0 spiro atoms. The molecule has 1 aliphatic rings. The van der Waals surface area contributed by atoms with Crippen molar-refractivity contribution >= 4 is 30.9 Å². The average Bonchev–Trinajstić information content (AvgIpc) is 3.21. The Morgan fingerprint density at radius 3 is 2.69 bits per heavy atom. The summed E-state index contributed by atoms with van der Waals surface area (Å²) in [4.78, 5) is 30.3. The maximum atomic E-state index is 12.0. The Morgan fingerprint density at radius 2 is 2.03 bits per heavy atom. The zero-order chi connectivity index (χ0) is 20.8. The highest BCUT2D eigenvalue weighted by molar-refractivity contribution is 7.55. The van der Waals surface area contributed by atoms with Crippen LogP contribution in [-0.4, -0.2) is 25.5 Å². The first-order chi connectivity index (χ1) is 13.7. The normalized spacial score (nSPS) is 13.3. The second kappa shape index (κ2) is 7.27. The van der Waals surface area contributed by atoms with Gasteiger partial charge in [-0.25, -0.2) is 0 Å². The van der Waals surface area contributed by atoms with Crippen molar-refractivity contribution in [1.29, 1.82) is 0 Å². The highest BCUT2D eigenvalue weighted by Crippen LogP contribution is 2.48. The fourth-order valence-electron chi connectivity index (χ4n) is 3.38. The van der Waals surface area contributed by atoms with Crippen molar-refractivity contribution in [3.8, 4) is 22.1 Å². The molecule has 3 aromatic rings. The summed E-state index contributed by atoms with van der Waals surface area (Å²) in [6.07, 6.45) is 4.65. The zero-order valence-electron chi connectivity index (χ0n) is 15.4. The number of fused-ring (bicyclic) bond motifs is 3. The number of aromatic nitrogens is 2. The number of amides is 1. The number of hydrogen-bond acceptors (Lipinski definition) is 5. The summed E-state index contributed by atoms with van der Waals surface area (Å²) in [7, 11) is -2.36. The van der Waals surface area contributed by atoms with Crippen LogP contribution in [-0.2, 0) is 24.5 Å². The summed E-state index contributed by atoms with van der Waals surface area (Å²) < 4.78 is 18.8. The smallest absolute Gasteiger partial charge is 0.349 e. The predicted octanol–water partition coefficient (Wildman–Crippen LogP) is 3.29. The van der Waals surface area contributed by atoms with Gasteiger partial charge in [-0.1, -0.05) is 23.5 Å². The number of ether oxygens (including phenoxy) is 1. The van der Waals surface area contributed by atoms with Gasteiger partial charge < -0.3 is 20.3 Å². The molecule has 0 bridgehead atoms. The molecule has 8 nitrogen and oxygen atoms in total. The van der Waals surface area contributed by atoms with Crippen LogP contribution in [0.1, 0.15) is 26.4 Å². The Labute approximate surface area is 170 Å². The Kier molecular flexibility index (Phi) is 4.92. The summed E-state index contributed by atoms with van der Waals surface area (Å²) in [5, 5.41) is 4.90. The van der Waals surface area contributed by atoms with Gasteiger partial charge >= 0.3 is 7.60 Å². The molecule has 2 aromatic heterocycles. The van der Waals surface area contributed by atoms with Gasteiger partial charge in [0.25, 0.3) is 5.91 Å². The van der Waals surface area contributed by atoms with E-state index in [-0.39, 0.29) is 0 Å². The van der Waals surface area contributed by atoms with Crippen LogP contribution in [0.25, 0.3) is 17.3 Å². The minimum atomic E-state index is -4.21. The van der Waals surface area contributed by atoms with Crippen molar-refractivity contribution in [2.45, 2.75) is 12.8 Å². The first-order valence-corrected chi connectivity index (χ1v) is 11.2.